The van der Waals surface area contributed by atoms with Gasteiger partial charge in [-0.25, -0.2) is 8.78 Å². The molecule has 0 fully saturated rings. The Bertz CT molecular complexity index is 689. The first kappa shape index (κ1) is 16.9. The summed E-state index contributed by atoms with van der Waals surface area (Å²) < 4.78 is 31.3. The van der Waals surface area contributed by atoms with Crippen LogP contribution in [0.2, 0.25) is 0 Å². The van der Waals surface area contributed by atoms with Gasteiger partial charge in [0.25, 0.3) is 5.91 Å². The second-order valence-electron chi connectivity index (χ2n) is 5.10. The van der Waals surface area contributed by atoms with Crippen molar-refractivity contribution < 1.29 is 23.4 Å². The minimum absolute atomic E-state index is 0.0330. The molecule has 23 heavy (non-hydrogen) atoms. The molecule has 2 rings (SSSR count). The second kappa shape index (κ2) is 7.19. The number of amides is 1. The van der Waals surface area contributed by atoms with Crippen LogP contribution in [0.4, 0.5) is 8.78 Å². The first-order chi connectivity index (χ1) is 10.9. The monoisotopic (exact) mass is 321 g/mol. The first-order valence-electron chi connectivity index (χ1n) is 7.00. The van der Waals surface area contributed by atoms with Crippen LogP contribution >= 0.6 is 0 Å². The summed E-state index contributed by atoms with van der Waals surface area (Å²) in [4.78, 5) is 12.2. The van der Waals surface area contributed by atoms with Crippen molar-refractivity contribution in [2.45, 2.75) is 19.1 Å². The van der Waals surface area contributed by atoms with Crippen molar-refractivity contribution >= 4 is 5.91 Å². The number of hydrogen-bond donors (Lipinski definition) is 2. The smallest absolute Gasteiger partial charge is 0.255 e. The predicted octanol–water partition coefficient (Wildman–Crippen LogP) is 2.83. The molecule has 0 aromatic heterocycles. The van der Waals surface area contributed by atoms with Crippen LogP contribution < -0.4 is 10.1 Å². The van der Waals surface area contributed by atoms with Crippen LogP contribution in [0.15, 0.2) is 42.5 Å². The predicted molar refractivity (Wildman–Crippen MR) is 81.2 cm³/mol. The first-order valence-corrected chi connectivity index (χ1v) is 7.00. The number of methoxy groups -OCH3 is 1. The van der Waals surface area contributed by atoms with Crippen LogP contribution in [0.25, 0.3) is 0 Å². The molecule has 0 radical (unpaired) electrons. The maximum atomic E-state index is 13.3. The molecule has 0 aliphatic carbocycles. The molecular weight excluding hydrogens is 304 g/mol. The number of nitrogens with one attached hydrogen (secondary N) is 1. The van der Waals surface area contributed by atoms with Crippen molar-refractivity contribution in [3.05, 3.63) is 65.2 Å². The molecule has 2 aromatic rings. The van der Waals surface area contributed by atoms with Crippen molar-refractivity contribution in [1.29, 1.82) is 0 Å². The summed E-state index contributed by atoms with van der Waals surface area (Å²) in [5, 5.41) is 12.8. The molecule has 2 atom stereocenters. The maximum Gasteiger partial charge on any atom is 0.255 e. The van der Waals surface area contributed by atoms with E-state index in [1.54, 1.807) is 6.92 Å². The van der Waals surface area contributed by atoms with Crippen LogP contribution in [0.5, 0.6) is 5.75 Å². The Morgan fingerprint density at radius 3 is 2.35 bits per heavy atom. The quantitative estimate of drug-likeness (QED) is 0.890. The Morgan fingerprint density at radius 2 is 1.74 bits per heavy atom. The summed E-state index contributed by atoms with van der Waals surface area (Å²) in [6, 6.07) is 8.26. The summed E-state index contributed by atoms with van der Waals surface area (Å²) >= 11 is 0. The van der Waals surface area contributed by atoms with Crippen molar-refractivity contribution in [3.8, 4) is 5.75 Å². The van der Waals surface area contributed by atoms with Gasteiger partial charge in [0, 0.05) is 0 Å². The van der Waals surface area contributed by atoms with E-state index < -0.39 is 29.7 Å². The third-order valence-corrected chi connectivity index (χ3v) is 3.45. The summed E-state index contributed by atoms with van der Waals surface area (Å²) in [7, 11) is 1.38. The van der Waals surface area contributed by atoms with E-state index in [9.17, 15) is 18.7 Å². The number of aliphatic hydroxyl groups excluding tert-OH is 1. The van der Waals surface area contributed by atoms with E-state index in [0.29, 0.717) is 5.56 Å². The lowest BCUT2D eigenvalue weighted by molar-refractivity contribution is 0.0848. The van der Waals surface area contributed by atoms with Gasteiger partial charge >= 0.3 is 0 Å². The van der Waals surface area contributed by atoms with Gasteiger partial charge in [0.15, 0.2) is 0 Å². The SMILES string of the molecule is COc1ccc(F)cc1C(=O)NC(C)C(O)c1ccc(F)cc1. The zero-order valence-electron chi connectivity index (χ0n) is 12.7. The van der Waals surface area contributed by atoms with Gasteiger partial charge in [-0.3, -0.25) is 4.79 Å². The zero-order valence-corrected chi connectivity index (χ0v) is 12.7. The van der Waals surface area contributed by atoms with E-state index in [0.717, 1.165) is 6.07 Å². The molecule has 0 saturated carbocycles. The van der Waals surface area contributed by atoms with Crippen LogP contribution in [0, 0.1) is 11.6 Å². The summed E-state index contributed by atoms with van der Waals surface area (Å²) in [5.41, 5.74) is 0.496. The third kappa shape index (κ3) is 4.04. The van der Waals surface area contributed by atoms with E-state index in [4.69, 9.17) is 4.74 Å². The summed E-state index contributed by atoms with van der Waals surface area (Å²) in [6.45, 7) is 1.59. The van der Waals surface area contributed by atoms with Gasteiger partial charge < -0.3 is 15.2 Å². The molecule has 122 valence electrons. The van der Waals surface area contributed by atoms with Gasteiger partial charge in [-0.1, -0.05) is 12.1 Å². The highest BCUT2D eigenvalue weighted by Gasteiger charge is 2.21. The van der Waals surface area contributed by atoms with Crippen LogP contribution in [-0.4, -0.2) is 24.2 Å². The minimum atomic E-state index is -1.03. The fourth-order valence-corrected chi connectivity index (χ4v) is 2.17. The molecule has 0 bridgehead atoms. The fourth-order valence-electron chi connectivity index (χ4n) is 2.17. The highest BCUT2D eigenvalue weighted by Crippen LogP contribution is 2.21. The molecule has 0 aliphatic rings. The highest BCUT2D eigenvalue weighted by atomic mass is 19.1. The van der Waals surface area contributed by atoms with Crippen LogP contribution in [-0.2, 0) is 0 Å². The van der Waals surface area contributed by atoms with Gasteiger partial charge in [0.2, 0.25) is 0 Å². The Balaban J connectivity index is 2.13. The van der Waals surface area contributed by atoms with Crippen molar-refractivity contribution in [1.82, 2.24) is 5.32 Å². The molecule has 0 spiro atoms. The van der Waals surface area contributed by atoms with Gasteiger partial charge in [-0.2, -0.15) is 0 Å². The van der Waals surface area contributed by atoms with Gasteiger partial charge in [0.05, 0.1) is 24.8 Å². The van der Waals surface area contributed by atoms with Crippen molar-refractivity contribution in [2.24, 2.45) is 0 Å². The van der Waals surface area contributed by atoms with E-state index >= 15 is 0 Å². The minimum Gasteiger partial charge on any atom is -0.496 e. The van der Waals surface area contributed by atoms with Gasteiger partial charge in [-0.15, -0.1) is 0 Å². The average molecular weight is 321 g/mol. The topological polar surface area (TPSA) is 58.6 Å². The second-order valence-corrected chi connectivity index (χ2v) is 5.10. The summed E-state index contributed by atoms with van der Waals surface area (Å²) in [5.74, 6) is -1.33. The van der Waals surface area contributed by atoms with Crippen LogP contribution in [0.1, 0.15) is 28.9 Å². The van der Waals surface area contributed by atoms with E-state index in [1.165, 1.54) is 43.5 Å². The maximum absolute atomic E-state index is 13.3. The van der Waals surface area contributed by atoms with Crippen molar-refractivity contribution in [2.75, 3.05) is 7.11 Å². The molecule has 4 nitrogen and oxygen atoms in total. The molecule has 0 heterocycles. The number of halogens is 2. The molecule has 6 heteroatoms. The third-order valence-electron chi connectivity index (χ3n) is 3.45. The van der Waals surface area contributed by atoms with E-state index in [2.05, 4.69) is 5.32 Å². The molecular formula is C17H17F2NO3. The average Bonchev–Trinajstić information content (AvgIpc) is 2.54. The molecule has 0 aliphatic heterocycles. The number of aliphatic hydroxyl groups is 1. The lowest BCUT2D eigenvalue weighted by Gasteiger charge is -2.21. The van der Waals surface area contributed by atoms with Crippen LogP contribution in [0.3, 0.4) is 0 Å². The molecule has 2 N–H and O–H groups in total. The van der Waals surface area contributed by atoms with Crippen molar-refractivity contribution in [3.63, 3.8) is 0 Å². The van der Waals surface area contributed by atoms with E-state index in [1.807, 2.05) is 0 Å². The number of hydrogen-bond acceptors (Lipinski definition) is 3. The number of carbonyl (C=O) groups is 1. The fraction of sp³-hybridized carbons (Fsp3) is 0.235. The van der Waals surface area contributed by atoms with Gasteiger partial charge in [0.1, 0.15) is 17.4 Å². The van der Waals surface area contributed by atoms with E-state index in [-0.39, 0.29) is 11.3 Å². The standard InChI is InChI=1S/C17H17F2NO3/c1-10(16(21)11-3-5-12(18)6-4-11)20-17(22)14-9-13(19)7-8-15(14)23-2/h3-10,16,21H,1-2H3,(H,20,22). The number of ether oxygens (including phenoxy) is 1. The summed E-state index contributed by atoms with van der Waals surface area (Å²) in [6.07, 6.45) is -1.03. The molecule has 2 aromatic carbocycles. The lowest BCUT2D eigenvalue weighted by Crippen LogP contribution is -2.37. The molecule has 1 amide bonds. The lowest BCUT2D eigenvalue weighted by atomic mass is 10.0. The zero-order chi connectivity index (χ0) is 17.0. The molecule has 2 unspecified atom stereocenters. The Labute approximate surface area is 132 Å². The van der Waals surface area contributed by atoms with Gasteiger partial charge in [-0.05, 0) is 42.8 Å². The Kier molecular flexibility index (Phi) is 5.28. The number of carbonyl (C=O) groups excluding carboxylic acids is 1. The molecule has 0 saturated heterocycles. The number of rotatable bonds is 5. The normalized spacial score (nSPS) is 13.3. The number of benzene rings is 2. The largest absolute Gasteiger partial charge is 0.496 e. The Morgan fingerprint density at radius 1 is 1.13 bits per heavy atom. The Hall–Kier alpha value is -2.47. The highest BCUT2D eigenvalue weighted by molar-refractivity contribution is 5.97.